The number of amides is 1. The number of ether oxygens (including phenoxy) is 1. The molecule has 0 unspecified atom stereocenters. The molecule has 1 amide bonds. The number of anilines is 1. The Morgan fingerprint density at radius 1 is 1.48 bits per heavy atom. The number of nitro benzene ring substituents is 1. The maximum absolute atomic E-state index is 11.4. The van der Waals surface area contributed by atoms with E-state index in [1.54, 1.807) is 19.2 Å². The van der Waals surface area contributed by atoms with Crippen LogP contribution in [-0.4, -0.2) is 37.6 Å². The van der Waals surface area contributed by atoms with Gasteiger partial charge < -0.3 is 15.4 Å². The second-order valence-corrected chi connectivity index (χ2v) is 4.12. The van der Waals surface area contributed by atoms with Crippen LogP contribution in [0.5, 0.6) is 0 Å². The number of hydrogen-bond donors (Lipinski definition) is 2. The van der Waals surface area contributed by atoms with Crippen molar-refractivity contribution in [1.82, 2.24) is 5.32 Å². The third kappa shape index (κ3) is 5.46. The van der Waals surface area contributed by atoms with Gasteiger partial charge in [0.2, 0.25) is 5.91 Å². The van der Waals surface area contributed by atoms with E-state index < -0.39 is 4.92 Å². The quantitative estimate of drug-likeness (QED) is 0.420. The molecule has 0 saturated heterocycles. The number of rotatable bonds is 8. The molecule has 0 atom stereocenters. The fourth-order valence-electron chi connectivity index (χ4n) is 1.59. The molecule has 0 heterocycles. The van der Waals surface area contributed by atoms with Crippen LogP contribution in [0.4, 0.5) is 11.4 Å². The van der Waals surface area contributed by atoms with Crippen LogP contribution >= 0.6 is 0 Å². The molecule has 0 saturated carbocycles. The van der Waals surface area contributed by atoms with Crippen molar-refractivity contribution in [2.75, 3.05) is 32.1 Å². The summed E-state index contributed by atoms with van der Waals surface area (Å²) in [6.45, 7) is 1.22. The van der Waals surface area contributed by atoms with Gasteiger partial charge in [-0.2, -0.15) is 5.26 Å². The molecule has 1 aromatic rings. The SMILES string of the molecule is COCCNC(=O)CCNc1ccc(C#N)c([N+](=O)[O-])c1. The monoisotopic (exact) mass is 292 g/mol. The van der Waals surface area contributed by atoms with E-state index in [9.17, 15) is 14.9 Å². The van der Waals surface area contributed by atoms with Crippen LogP contribution < -0.4 is 10.6 Å². The molecule has 2 N–H and O–H groups in total. The van der Waals surface area contributed by atoms with Gasteiger partial charge in [-0.25, -0.2) is 0 Å². The Morgan fingerprint density at radius 2 is 2.24 bits per heavy atom. The molecule has 0 aliphatic heterocycles. The van der Waals surface area contributed by atoms with Crippen LogP contribution in [-0.2, 0) is 9.53 Å². The van der Waals surface area contributed by atoms with Crippen LogP contribution in [0, 0.1) is 21.4 Å². The number of methoxy groups -OCH3 is 1. The van der Waals surface area contributed by atoms with Crippen molar-refractivity contribution in [3.05, 3.63) is 33.9 Å². The zero-order valence-electron chi connectivity index (χ0n) is 11.6. The molecular weight excluding hydrogens is 276 g/mol. The van der Waals surface area contributed by atoms with Gasteiger partial charge in [0.05, 0.1) is 11.5 Å². The molecule has 8 nitrogen and oxygen atoms in total. The Morgan fingerprint density at radius 3 is 2.86 bits per heavy atom. The predicted molar refractivity (Wildman–Crippen MR) is 75.8 cm³/mol. The smallest absolute Gasteiger partial charge is 0.289 e. The molecule has 21 heavy (non-hydrogen) atoms. The first-order valence-corrected chi connectivity index (χ1v) is 6.26. The van der Waals surface area contributed by atoms with Gasteiger partial charge in [0.25, 0.3) is 5.69 Å². The van der Waals surface area contributed by atoms with Crippen LogP contribution in [0.15, 0.2) is 18.2 Å². The molecule has 0 spiro atoms. The summed E-state index contributed by atoms with van der Waals surface area (Å²) in [5.41, 5.74) is 0.236. The predicted octanol–water partition coefficient (Wildman–Crippen LogP) is 1.03. The maximum atomic E-state index is 11.4. The highest BCUT2D eigenvalue weighted by molar-refractivity contribution is 5.76. The third-order valence-electron chi connectivity index (χ3n) is 2.62. The van der Waals surface area contributed by atoms with Gasteiger partial charge >= 0.3 is 0 Å². The molecular formula is C13H16N4O4. The van der Waals surface area contributed by atoms with E-state index >= 15 is 0 Å². The maximum Gasteiger partial charge on any atom is 0.289 e. The van der Waals surface area contributed by atoms with E-state index in [0.29, 0.717) is 25.4 Å². The summed E-state index contributed by atoms with van der Waals surface area (Å²) >= 11 is 0. The van der Waals surface area contributed by atoms with E-state index in [-0.39, 0.29) is 23.6 Å². The summed E-state index contributed by atoms with van der Waals surface area (Å²) in [6, 6.07) is 5.98. The van der Waals surface area contributed by atoms with Gasteiger partial charge in [0, 0.05) is 38.4 Å². The summed E-state index contributed by atoms with van der Waals surface area (Å²) < 4.78 is 4.80. The van der Waals surface area contributed by atoms with Crippen molar-refractivity contribution >= 4 is 17.3 Å². The van der Waals surface area contributed by atoms with E-state index in [4.69, 9.17) is 10.00 Å². The first-order valence-electron chi connectivity index (χ1n) is 6.26. The van der Waals surface area contributed by atoms with Crippen molar-refractivity contribution in [3.8, 4) is 6.07 Å². The lowest BCUT2D eigenvalue weighted by Crippen LogP contribution is -2.28. The van der Waals surface area contributed by atoms with Gasteiger partial charge in [0.1, 0.15) is 11.6 Å². The highest BCUT2D eigenvalue weighted by atomic mass is 16.6. The van der Waals surface area contributed by atoms with Crippen molar-refractivity contribution in [1.29, 1.82) is 5.26 Å². The average molecular weight is 292 g/mol. The number of nitrogens with one attached hydrogen (secondary N) is 2. The van der Waals surface area contributed by atoms with Gasteiger partial charge in [-0.1, -0.05) is 0 Å². The summed E-state index contributed by atoms with van der Waals surface area (Å²) in [7, 11) is 1.55. The Bertz CT molecular complexity index is 554. The Balaban J connectivity index is 2.49. The molecule has 112 valence electrons. The molecule has 8 heteroatoms. The van der Waals surface area contributed by atoms with Crippen molar-refractivity contribution in [2.24, 2.45) is 0 Å². The first kappa shape index (κ1) is 16.4. The minimum Gasteiger partial charge on any atom is -0.384 e. The number of benzene rings is 1. The average Bonchev–Trinajstić information content (AvgIpc) is 2.47. The van der Waals surface area contributed by atoms with E-state index in [1.165, 1.54) is 12.1 Å². The molecule has 0 radical (unpaired) electrons. The van der Waals surface area contributed by atoms with Crippen molar-refractivity contribution < 1.29 is 14.5 Å². The number of carbonyl (C=O) groups excluding carboxylic acids is 1. The van der Waals surface area contributed by atoms with E-state index in [0.717, 1.165) is 0 Å². The van der Waals surface area contributed by atoms with Crippen LogP contribution in [0.3, 0.4) is 0 Å². The number of nitro groups is 1. The highest BCUT2D eigenvalue weighted by Crippen LogP contribution is 2.22. The minimum atomic E-state index is -0.610. The highest BCUT2D eigenvalue weighted by Gasteiger charge is 2.14. The van der Waals surface area contributed by atoms with Crippen molar-refractivity contribution in [2.45, 2.75) is 6.42 Å². The van der Waals surface area contributed by atoms with Gasteiger partial charge in [-0.05, 0) is 12.1 Å². The van der Waals surface area contributed by atoms with E-state index in [1.807, 2.05) is 0 Å². The van der Waals surface area contributed by atoms with Gasteiger partial charge in [-0.3, -0.25) is 14.9 Å². The number of carbonyl (C=O) groups is 1. The largest absolute Gasteiger partial charge is 0.384 e. The molecule has 0 aliphatic rings. The lowest BCUT2D eigenvalue weighted by molar-refractivity contribution is -0.385. The molecule has 0 aliphatic carbocycles. The molecule has 0 fully saturated rings. The lowest BCUT2D eigenvalue weighted by Gasteiger charge is -2.07. The summed E-state index contributed by atoms with van der Waals surface area (Å²) in [4.78, 5) is 21.6. The standard InChI is InChI=1S/C13H16N4O4/c1-21-7-6-16-13(18)4-5-15-11-3-2-10(9-14)12(8-11)17(19)20/h2-3,8,15H,4-7H2,1H3,(H,16,18). The number of nitrogens with zero attached hydrogens (tertiary/aromatic N) is 2. The fourth-order valence-corrected chi connectivity index (χ4v) is 1.59. The molecule has 0 bridgehead atoms. The number of nitriles is 1. The molecule has 0 aromatic heterocycles. The zero-order valence-corrected chi connectivity index (χ0v) is 11.6. The van der Waals surface area contributed by atoms with Crippen LogP contribution in [0.2, 0.25) is 0 Å². The topological polar surface area (TPSA) is 117 Å². The number of hydrogen-bond acceptors (Lipinski definition) is 6. The summed E-state index contributed by atoms with van der Waals surface area (Å²) in [5, 5.41) is 25.2. The Labute approximate surface area is 121 Å². The molecule has 1 rings (SSSR count). The Kier molecular flexibility index (Phi) is 6.63. The minimum absolute atomic E-state index is 0.00265. The van der Waals surface area contributed by atoms with Crippen LogP contribution in [0.1, 0.15) is 12.0 Å². The van der Waals surface area contributed by atoms with Gasteiger partial charge in [-0.15, -0.1) is 0 Å². The second-order valence-electron chi connectivity index (χ2n) is 4.12. The van der Waals surface area contributed by atoms with Gasteiger partial charge in [0.15, 0.2) is 0 Å². The summed E-state index contributed by atoms with van der Waals surface area (Å²) in [5.74, 6) is -0.136. The van der Waals surface area contributed by atoms with Crippen molar-refractivity contribution in [3.63, 3.8) is 0 Å². The fraction of sp³-hybridized carbons (Fsp3) is 0.385. The first-order chi connectivity index (χ1) is 10.1. The Hall–Kier alpha value is -2.66. The summed E-state index contributed by atoms with van der Waals surface area (Å²) in [6.07, 6.45) is 0.234. The normalized spacial score (nSPS) is 9.71. The van der Waals surface area contributed by atoms with Crippen LogP contribution in [0.25, 0.3) is 0 Å². The third-order valence-corrected chi connectivity index (χ3v) is 2.62. The molecule has 1 aromatic carbocycles. The van der Waals surface area contributed by atoms with E-state index in [2.05, 4.69) is 10.6 Å². The zero-order chi connectivity index (χ0) is 15.7. The second kappa shape index (κ2) is 8.50. The lowest BCUT2D eigenvalue weighted by atomic mass is 10.2.